The van der Waals surface area contributed by atoms with Crippen molar-refractivity contribution in [3.8, 4) is 0 Å². The van der Waals surface area contributed by atoms with E-state index in [1.807, 2.05) is 6.92 Å². The van der Waals surface area contributed by atoms with Gasteiger partial charge in [-0.2, -0.15) is 4.31 Å². The van der Waals surface area contributed by atoms with Crippen LogP contribution in [0, 0.1) is 11.7 Å². The summed E-state index contributed by atoms with van der Waals surface area (Å²) in [7, 11) is -3.64. The number of aliphatic hydroxyl groups excluding tert-OH is 1. The number of halogens is 2. The van der Waals surface area contributed by atoms with E-state index in [0.717, 1.165) is 6.42 Å². The molecule has 1 saturated heterocycles. The molecule has 2 unspecified atom stereocenters. The molecule has 7 heteroatoms. The van der Waals surface area contributed by atoms with Crippen molar-refractivity contribution in [2.24, 2.45) is 5.92 Å². The summed E-state index contributed by atoms with van der Waals surface area (Å²) in [4.78, 5) is 0. The molecule has 4 nitrogen and oxygen atoms in total. The topological polar surface area (TPSA) is 57.6 Å². The Morgan fingerprint density at radius 3 is 2.81 bits per heavy atom. The average molecular weight is 336 g/mol. The third-order valence-electron chi connectivity index (χ3n) is 3.88. The van der Waals surface area contributed by atoms with E-state index in [1.54, 1.807) is 0 Å². The van der Waals surface area contributed by atoms with Gasteiger partial charge < -0.3 is 5.11 Å². The molecule has 1 N–H and O–H groups in total. The first-order valence-electron chi connectivity index (χ1n) is 6.88. The Morgan fingerprint density at radius 1 is 1.43 bits per heavy atom. The zero-order valence-corrected chi connectivity index (χ0v) is 13.4. The molecule has 0 aliphatic carbocycles. The van der Waals surface area contributed by atoms with Crippen molar-refractivity contribution in [3.63, 3.8) is 0 Å². The molecule has 1 fully saturated rings. The van der Waals surface area contributed by atoms with Crippen LogP contribution in [0.25, 0.3) is 0 Å². The minimum Gasteiger partial charge on any atom is -0.396 e. The second-order valence-corrected chi connectivity index (χ2v) is 7.89. The molecule has 1 heterocycles. The maximum Gasteiger partial charge on any atom is 0.218 e. The van der Waals surface area contributed by atoms with Crippen LogP contribution >= 0.6 is 11.6 Å². The fraction of sp³-hybridized carbons (Fsp3) is 0.571. The first-order valence-corrected chi connectivity index (χ1v) is 8.86. The van der Waals surface area contributed by atoms with E-state index in [9.17, 15) is 17.9 Å². The van der Waals surface area contributed by atoms with Gasteiger partial charge in [0, 0.05) is 29.8 Å². The number of rotatable bonds is 4. The van der Waals surface area contributed by atoms with E-state index in [4.69, 9.17) is 11.6 Å². The predicted molar refractivity (Wildman–Crippen MR) is 80.0 cm³/mol. The molecule has 1 aliphatic rings. The van der Waals surface area contributed by atoms with Crippen LogP contribution in [0.15, 0.2) is 18.2 Å². The maximum atomic E-state index is 13.7. The van der Waals surface area contributed by atoms with Crippen molar-refractivity contribution in [1.29, 1.82) is 0 Å². The van der Waals surface area contributed by atoms with Gasteiger partial charge in [-0.25, -0.2) is 12.8 Å². The number of hydrogen-bond donors (Lipinski definition) is 1. The van der Waals surface area contributed by atoms with Gasteiger partial charge in [0.1, 0.15) is 5.82 Å². The van der Waals surface area contributed by atoms with Crippen molar-refractivity contribution in [1.82, 2.24) is 4.31 Å². The Bertz CT molecular complexity index is 608. The van der Waals surface area contributed by atoms with Gasteiger partial charge in [-0.3, -0.25) is 0 Å². The SMILES string of the molecule is CC1CCC(CO)CN1S(=O)(=O)Cc1cc(Cl)ccc1F. The van der Waals surface area contributed by atoms with Crippen molar-refractivity contribution in [2.75, 3.05) is 13.2 Å². The van der Waals surface area contributed by atoms with Gasteiger partial charge >= 0.3 is 0 Å². The van der Waals surface area contributed by atoms with Crippen molar-refractivity contribution < 1.29 is 17.9 Å². The average Bonchev–Trinajstić information content (AvgIpc) is 2.43. The van der Waals surface area contributed by atoms with Crippen molar-refractivity contribution in [2.45, 2.75) is 31.6 Å². The Morgan fingerprint density at radius 2 is 2.14 bits per heavy atom. The molecule has 0 spiro atoms. The first-order chi connectivity index (χ1) is 9.83. The molecule has 1 aromatic rings. The second kappa shape index (κ2) is 6.60. The van der Waals surface area contributed by atoms with Crippen LogP contribution in [-0.2, 0) is 15.8 Å². The summed E-state index contributed by atoms with van der Waals surface area (Å²) < 4.78 is 40.1. The molecule has 0 radical (unpaired) electrons. The summed E-state index contributed by atoms with van der Waals surface area (Å²) in [6.45, 7) is 2.08. The molecule has 0 amide bonds. The van der Waals surface area contributed by atoms with E-state index in [1.165, 1.54) is 22.5 Å². The van der Waals surface area contributed by atoms with E-state index < -0.39 is 21.6 Å². The lowest BCUT2D eigenvalue weighted by Gasteiger charge is -2.36. The molecule has 0 saturated carbocycles. The first kappa shape index (κ1) is 16.7. The standard InChI is InChI=1S/C14H19ClFNO3S/c1-10-2-3-11(8-18)7-17(10)21(19,20)9-12-6-13(15)4-5-14(12)16/h4-6,10-11,18H,2-3,7-9H2,1H3. The molecule has 2 atom stereocenters. The lowest BCUT2D eigenvalue weighted by atomic mass is 9.96. The normalized spacial score (nSPS) is 24.2. The highest BCUT2D eigenvalue weighted by Gasteiger charge is 2.34. The Kier molecular flexibility index (Phi) is 5.24. The van der Waals surface area contributed by atoms with Crippen LogP contribution in [0.4, 0.5) is 4.39 Å². The smallest absolute Gasteiger partial charge is 0.218 e. The van der Waals surface area contributed by atoms with Gasteiger partial charge in [0.2, 0.25) is 10.0 Å². The number of nitrogens with zero attached hydrogens (tertiary/aromatic N) is 1. The molecule has 1 aliphatic heterocycles. The number of hydrogen-bond acceptors (Lipinski definition) is 3. The molecule has 118 valence electrons. The van der Waals surface area contributed by atoms with Gasteiger partial charge in [-0.15, -0.1) is 0 Å². The minimum atomic E-state index is -3.64. The monoisotopic (exact) mass is 335 g/mol. The van der Waals surface area contributed by atoms with E-state index in [0.29, 0.717) is 11.4 Å². The van der Waals surface area contributed by atoms with Crippen LogP contribution in [0.1, 0.15) is 25.3 Å². The molecular formula is C14H19ClFNO3S. The molecule has 1 aromatic carbocycles. The maximum absolute atomic E-state index is 13.7. The molecule has 0 aromatic heterocycles. The third-order valence-corrected chi connectivity index (χ3v) is 6.02. The van der Waals surface area contributed by atoms with Crippen LogP contribution < -0.4 is 0 Å². The van der Waals surface area contributed by atoms with E-state index in [2.05, 4.69) is 0 Å². The minimum absolute atomic E-state index is 0.0374. The highest BCUT2D eigenvalue weighted by molar-refractivity contribution is 7.88. The quantitative estimate of drug-likeness (QED) is 0.919. The number of piperidine rings is 1. The molecule has 0 bridgehead atoms. The van der Waals surface area contributed by atoms with Gasteiger partial charge in [0.15, 0.2) is 0 Å². The van der Waals surface area contributed by atoms with Gasteiger partial charge in [-0.1, -0.05) is 11.6 Å². The number of aliphatic hydroxyl groups is 1. The Balaban J connectivity index is 2.22. The van der Waals surface area contributed by atoms with Crippen LogP contribution in [-0.4, -0.2) is 37.0 Å². The van der Waals surface area contributed by atoms with Crippen LogP contribution in [0.5, 0.6) is 0 Å². The lowest BCUT2D eigenvalue weighted by Crippen LogP contribution is -2.46. The summed E-state index contributed by atoms with van der Waals surface area (Å²) in [5, 5.41) is 9.54. The molecular weight excluding hydrogens is 317 g/mol. The number of benzene rings is 1. The highest BCUT2D eigenvalue weighted by atomic mass is 35.5. The summed E-state index contributed by atoms with van der Waals surface area (Å²) in [6.07, 6.45) is 1.50. The van der Waals surface area contributed by atoms with Gasteiger partial charge in [-0.05, 0) is 43.9 Å². The predicted octanol–water partition coefficient (Wildman–Crippen LogP) is 2.40. The van der Waals surface area contributed by atoms with Crippen molar-refractivity contribution >= 4 is 21.6 Å². The summed E-state index contributed by atoms with van der Waals surface area (Å²) in [5.74, 6) is -1.05. The molecule has 2 rings (SSSR count). The number of sulfonamides is 1. The zero-order valence-electron chi connectivity index (χ0n) is 11.8. The summed E-state index contributed by atoms with van der Waals surface area (Å²) in [5.41, 5.74) is 0.0702. The van der Waals surface area contributed by atoms with Crippen LogP contribution in [0.3, 0.4) is 0 Å². The van der Waals surface area contributed by atoms with E-state index in [-0.39, 0.29) is 30.7 Å². The van der Waals surface area contributed by atoms with E-state index >= 15 is 0 Å². The third kappa shape index (κ3) is 3.94. The fourth-order valence-corrected chi connectivity index (χ4v) is 4.68. The Labute approximate surface area is 129 Å². The van der Waals surface area contributed by atoms with Crippen molar-refractivity contribution in [3.05, 3.63) is 34.6 Å². The second-order valence-electron chi connectivity index (χ2n) is 5.54. The fourth-order valence-electron chi connectivity index (χ4n) is 2.62. The largest absolute Gasteiger partial charge is 0.396 e. The van der Waals surface area contributed by atoms with Gasteiger partial charge in [0.05, 0.1) is 5.75 Å². The lowest BCUT2D eigenvalue weighted by molar-refractivity contribution is 0.139. The molecule has 21 heavy (non-hydrogen) atoms. The van der Waals surface area contributed by atoms with Gasteiger partial charge in [0.25, 0.3) is 0 Å². The summed E-state index contributed by atoms with van der Waals surface area (Å²) >= 11 is 5.80. The highest BCUT2D eigenvalue weighted by Crippen LogP contribution is 2.27. The Hall–Kier alpha value is -0.690. The zero-order chi connectivity index (χ0) is 15.6. The van der Waals surface area contributed by atoms with Crippen LogP contribution in [0.2, 0.25) is 5.02 Å². The summed E-state index contributed by atoms with van der Waals surface area (Å²) in [6, 6.07) is 3.76.